The molecule has 3 aromatic carbocycles. The number of H-pyrrole nitrogens is 2. The Morgan fingerprint density at radius 1 is 0.593 bits per heavy atom. The van der Waals surface area contributed by atoms with Crippen molar-refractivity contribution in [1.82, 2.24) is 9.97 Å². The Morgan fingerprint density at radius 2 is 1.22 bits per heavy atom. The summed E-state index contributed by atoms with van der Waals surface area (Å²) >= 11 is 2.31. The molecule has 0 saturated heterocycles. The lowest BCUT2D eigenvalue weighted by atomic mass is 10.1. The first-order valence-corrected chi connectivity index (χ1v) is 9.73. The highest BCUT2D eigenvalue weighted by molar-refractivity contribution is 14.1. The van der Waals surface area contributed by atoms with Gasteiger partial charge in [-0.25, -0.2) is 0 Å². The number of rotatable bonds is 0. The third-order valence-corrected chi connectivity index (χ3v) is 4.86. The Bertz CT molecular complexity index is 1240. The second-order valence-corrected chi connectivity index (χ2v) is 7.35. The van der Waals surface area contributed by atoms with E-state index >= 15 is 0 Å². The van der Waals surface area contributed by atoms with Gasteiger partial charge in [0.25, 0.3) is 0 Å². The van der Waals surface area contributed by atoms with Crippen molar-refractivity contribution < 1.29 is 0 Å². The van der Waals surface area contributed by atoms with Crippen LogP contribution >= 0.6 is 22.6 Å². The molecule has 2 N–H and O–H groups in total. The molecule has 0 atom stereocenters. The lowest BCUT2D eigenvalue weighted by molar-refractivity contribution is 1.48. The second-order valence-electron chi connectivity index (χ2n) is 6.10. The Hall–Kier alpha value is -2.97. The predicted molar refractivity (Wildman–Crippen MR) is 122 cm³/mol. The van der Waals surface area contributed by atoms with Gasteiger partial charge in [0.05, 0.1) is 0 Å². The average molecular weight is 460 g/mol. The maximum Gasteiger partial charge on any atom is 0.0454 e. The van der Waals surface area contributed by atoms with Crippen LogP contribution in [0.2, 0.25) is 0 Å². The van der Waals surface area contributed by atoms with Crippen molar-refractivity contribution >= 4 is 44.4 Å². The molecule has 0 amide bonds. The molecule has 130 valence electrons. The third kappa shape index (κ3) is 4.42. The van der Waals surface area contributed by atoms with E-state index in [4.69, 9.17) is 0 Å². The zero-order chi connectivity index (χ0) is 18.5. The first kappa shape index (κ1) is 17.4. The van der Waals surface area contributed by atoms with E-state index in [0.717, 1.165) is 16.6 Å². The van der Waals surface area contributed by atoms with Gasteiger partial charge in [-0.2, -0.15) is 0 Å². The number of aromatic amines is 2. The van der Waals surface area contributed by atoms with Gasteiger partial charge in [-0.1, -0.05) is 30.0 Å². The van der Waals surface area contributed by atoms with Gasteiger partial charge in [-0.05, 0) is 83.3 Å². The van der Waals surface area contributed by atoms with E-state index in [1.807, 2.05) is 48.8 Å². The van der Waals surface area contributed by atoms with Crippen LogP contribution in [0.3, 0.4) is 0 Å². The summed E-state index contributed by atoms with van der Waals surface area (Å²) in [5.41, 5.74) is 4.44. The minimum absolute atomic E-state index is 1.04. The first-order valence-electron chi connectivity index (χ1n) is 8.65. The largest absolute Gasteiger partial charge is 0.361 e. The van der Waals surface area contributed by atoms with Crippen molar-refractivity contribution in [2.24, 2.45) is 0 Å². The fourth-order valence-corrected chi connectivity index (χ4v) is 3.34. The van der Waals surface area contributed by atoms with Gasteiger partial charge in [0.2, 0.25) is 0 Å². The van der Waals surface area contributed by atoms with Crippen LogP contribution in [-0.2, 0) is 0 Å². The fraction of sp³-hybridized carbons (Fsp3) is 0. The van der Waals surface area contributed by atoms with Crippen LogP contribution in [0.4, 0.5) is 0 Å². The quantitative estimate of drug-likeness (QED) is 0.200. The molecule has 2 heterocycles. The molecule has 2 nitrogen and oxygen atoms in total. The lowest BCUT2D eigenvalue weighted by Gasteiger charge is -1.92. The number of aromatic nitrogens is 2. The molecule has 2 aromatic heterocycles. The molecular formula is C24H17IN2. The van der Waals surface area contributed by atoms with Crippen LogP contribution in [-0.4, -0.2) is 9.97 Å². The van der Waals surface area contributed by atoms with Gasteiger partial charge in [0.15, 0.2) is 0 Å². The van der Waals surface area contributed by atoms with E-state index < -0.39 is 0 Å². The summed E-state index contributed by atoms with van der Waals surface area (Å²) in [7, 11) is 0. The molecule has 0 saturated carbocycles. The molecule has 5 rings (SSSR count). The number of benzene rings is 3. The predicted octanol–water partition coefficient (Wildman–Crippen LogP) is 6.34. The SMILES string of the molecule is C(#Cc1ccc2[nH]ccc2c1)c1ccccc1.Ic1ccc2[nH]ccc2c1. The molecule has 0 unspecified atom stereocenters. The van der Waals surface area contributed by atoms with Gasteiger partial charge in [0, 0.05) is 48.9 Å². The molecule has 0 fully saturated rings. The van der Waals surface area contributed by atoms with E-state index in [2.05, 4.69) is 86.9 Å². The third-order valence-electron chi connectivity index (χ3n) is 4.19. The highest BCUT2D eigenvalue weighted by atomic mass is 127. The standard InChI is InChI=1S/C16H11N.C8H6IN/c1-2-4-13(5-3-1)6-7-14-8-9-16-15(12-14)10-11-17-16;9-7-1-2-8-6(5-7)3-4-10-8/h1-5,8-12,17H;1-5,10H. The Morgan fingerprint density at radius 3 is 1.96 bits per heavy atom. The lowest BCUT2D eigenvalue weighted by Crippen LogP contribution is -1.75. The summed E-state index contributed by atoms with van der Waals surface area (Å²) < 4.78 is 1.28. The topological polar surface area (TPSA) is 31.6 Å². The molecule has 0 aliphatic carbocycles. The van der Waals surface area contributed by atoms with Crippen molar-refractivity contribution in [2.75, 3.05) is 0 Å². The van der Waals surface area contributed by atoms with Crippen LogP contribution in [0.1, 0.15) is 11.1 Å². The van der Waals surface area contributed by atoms with Gasteiger partial charge in [-0.15, -0.1) is 0 Å². The van der Waals surface area contributed by atoms with Crippen LogP contribution in [0.25, 0.3) is 21.8 Å². The summed E-state index contributed by atoms with van der Waals surface area (Å²) in [4.78, 5) is 6.32. The van der Waals surface area contributed by atoms with Crippen LogP contribution in [0.5, 0.6) is 0 Å². The minimum Gasteiger partial charge on any atom is -0.361 e. The normalized spacial score (nSPS) is 10.1. The summed E-state index contributed by atoms with van der Waals surface area (Å²) in [6.45, 7) is 0. The fourth-order valence-electron chi connectivity index (χ4n) is 2.82. The van der Waals surface area contributed by atoms with Crippen molar-refractivity contribution in [3.05, 3.63) is 106 Å². The maximum absolute atomic E-state index is 3.18. The molecule has 5 aromatic rings. The van der Waals surface area contributed by atoms with Crippen molar-refractivity contribution in [3.8, 4) is 11.8 Å². The van der Waals surface area contributed by atoms with Gasteiger partial charge < -0.3 is 9.97 Å². The van der Waals surface area contributed by atoms with Gasteiger partial charge >= 0.3 is 0 Å². The van der Waals surface area contributed by atoms with Gasteiger partial charge in [-0.3, -0.25) is 0 Å². The molecule has 0 radical (unpaired) electrons. The number of halogens is 1. The Balaban J connectivity index is 0.000000153. The minimum atomic E-state index is 1.04. The summed E-state index contributed by atoms with van der Waals surface area (Å²) in [6, 6.07) is 26.7. The van der Waals surface area contributed by atoms with Crippen molar-refractivity contribution in [2.45, 2.75) is 0 Å². The van der Waals surface area contributed by atoms with Crippen molar-refractivity contribution in [3.63, 3.8) is 0 Å². The van der Waals surface area contributed by atoms with E-state index in [9.17, 15) is 0 Å². The summed E-state index contributed by atoms with van der Waals surface area (Å²) in [5, 5.41) is 2.48. The van der Waals surface area contributed by atoms with E-state index in [0.29, 0.717) is 0 Å². The van der Waals surface area contributed by atoms with Crippen LogP contribution in [0, 0.1) is 15.4 Å². The highest BCUT2D eigenvalue weighted by Crippen LogP contribution is 2.15. The summed E-state index contributed by atoms with van der Waals surface area (Å²) in [6.07, 6.45) is 3.90. The molecule has 3 heteroatoms. The van der Waals surface area contributed by atoms with E-state index in [1.54, 1.807) is 0 Å². The monoisotopic (exact) mass is 460 g/mol. The average Bonchev–Trinajstić information content (AvgIpc) is 3.36. The Kier molecular flexibility index (Phi) is 5.27. The zero-order valence-electron chi connectivity index (χ0n) is 14.5. The maximum atomic E-state index is 3.18. The number of hydrogen-bond donors (Lipinski definition) is 2. The zero-order valence-corrected chi connectivity index (χ0v) is 16.7. The molecule has 0 aliphatic rings. The summed E-state index contributed by atoms with van der Waals surface area (Å²) in [5.74, 6) is 6.34. The number of hydrogen-bond acceptors (Lipinski definition) is 0. The van der Waals surface area contributed by atoms with E-state index in [-0.39, 0.29) is 0 Å². The van der Waals surface area contributed by atoms with Crippen molar-refractivity contribution in [1.29, 1.82) is 0 Å². The number of fused-ring (bicyclic) bond motifs is 2. The first-order chi connectivity index (χ1) is 13.3. The second kappa shape index (κ2) is 8.15. The Labute approximate surface area is 171 Å². The molecular weight excluding hydrogens is 443 g/mol. The molecule has 0 spiro atoms. The van der Waals surface area contributed by atoms with Crippen LogP contribution < -0.4 is 0 Å². The molecule has 27 heavy (non-hydrogen) atoms. The van der Waals surface area contributed by atoms with Crippen LogP contribution in [0.15, 0.2) is 91.3 Å². The molecule has 0 bridgehead atoms. The highest BCUT2D eigenvalue weighted by Gasteiger charge is 1.94. The van der Waals surface area contributed by atoms with Gasteiger partial charge in [0.1, 0.15) is 0 Å². The molecule has 0 aliphatic heterocycles. The van der Waals surface area contributed by atoms with E-state index in [1.165, 1.54) is 19.9 Å². The number of nitrogens with one attached hydrogen (secondary N) is 2. The smallest absolute Gasteiger partial charge is 0.0454 e.